The van der Waals surface area contributed by atoms with Gasteiger partial charge < -0.3 is 10.2 Å². The van der Waals surface area contributed by atoms with Crippen molar-refractivity contribution in [2.45, 2.75) is 24.8 Å². The van der Waals surface area contributed by atoms with Gasteiger partial charge in [0.25, 0.3) is 5.91 Å². The summed E-state index contributed by atoms with van der Waals surface area (Å²) in [5, 5.41) is 2.89. The Labute approximate surface area is 191 Å². The average molecular weight is 449 g/mol. The van der Waals surface area contributed by atoms with E-state index in [2.05, 4.69) is 5.32 Å². The quantitative estimate of drug-likeness (QED) is 0.496. The molecule has 0 radical (unpaired) electrons. The van der Waals surface area contributed by atoms with E-state index in [4.69, 9.17) is 0 Å². The zero-order chi connectivity index (χ0) is 22.3. The highest BCUT2D eigenvalue weighted by Gasteiger charge is 2.32. The number of nitrogens with zero attached hydrogens (tertiary/aromatic N) is 1. The third-order valence-electron chi connectivity index (χ3n) is 5.46. The van der Waals surface area contributed by atoms with Gasteiger partial charge in [-0.3, -0.25) is 9.59 Å². The van der Waals surface area contributed by atoms with Gasteiger partial charge in [0, 0.05) is 18.7 Å². The molecule has 1 unspecified atom stereocenters. The van der Waals surface area contributed by atoms with E-state index in [9.17, 15) is 14.0 Å². The summed E-state index contributed by atoms with van der Waals surface area (Å²) >= 11 is 1.61. The first kappa shape index (κ1) is 22.1. The van der Waals surface area contributed by atoms with Crippen molar-refractivity contribution in [1.82, 2.24) is 10.2 Å². The molecule has 32 heavy (non-hydrogen) atoms. The number of aryl methyl sites for hydroxylation is 1. The molecule has 0 aliphatic carbocycles. The fraction of sp³-hybridized carbons (Fsp3) is 0.231. The molecule has 3 aromatic carbocycles. The van der Waals surface area contributed by atoms with E-state index in [1.807, 2.05) is 59.5 Å². The van der Waals surface area contributed by atoms with Gasteiger partial charge in [0.1, 0.15) is 11.2 Å². The number of hydrogen-bond donors (Lipinski definition) is 1. The fourth-order valence-electron chi connectivity index (χ4n) is 3.73. The molecule has 2 amide bonds. The van der Waals surface area contributed by atoms with Crippen LogP contribution in [0, 0.1) is 5.82 Å². The average Bonchev–Trinajstić information content (AvgIpc) is 3.18. The number of nitrogens with one attached hydrogen (secondary N) is 1. The second-order valence-electron chi connectivity index (χ2n) is 7.78. The van der Waals surface area contributed by atoms with Crippen molar-refractivity contribution in [2.75, 3.05) is 12.3 Å². The number of carbonyl (C=O) groups is 2. The summed E-state index contributed by atoms with van der Waals surface area (Å²) in [7, 11) is 0. The van der Waals surface area contributed by atoms with E-state index in [0.717, 1.165) is 29.5 Å². The maximum atomic E-state index is 13.0. The van der Waals surface area contributed by atoms with Gasteiger partial charge in [-0.15, -0.1) is 11.8 Å². The molecule has 1 aliphatic heterocycles. The Morgan fingerprint density at radius 1 is 0.969 bits per heavy atom. The number of halogens is 1. The van der Waals surface area contributed by atoms with Crippen molar-refractivity contribution in [3.63, 3.8) is 0 Å². The van der Waals surface area contributed by atoms with E-state index in [0.29, 0.717) is 24.4 Å². The minimum atomic E-state index is -0.242. The zero-order valence-electron chi connectivity index (χ0n) is 17.7. The minimum Gasteiger partial charge on any atom is -0.352 e. The highest BCUT2D eigenvalue weighted by molar-refractivity contribution is 8.00. The molecule has 164 valence electrons. The minimum absolute atomic E-state index is 0.0458. The Kier molecular flexibility index (Phi) is 7.22. The van der Waals surface area contributed by atoms with Crippen LogP contribution < -0.4 is 5.32 Å². The molecule has 1 N–H and O–H groups in total. The van der Waals surface area contributed by atoms with Crippen LogP contribution in [0.1, 0.15) is 38.8 Å². The summed E-state index contributed by atoms with van der Waals surface area (Å²) in [5.74, 6) is 0.237. The van der Waals surface area contributed by atoms with Crippen molar-refractivity contribution >= 4 is 23.6 Å². The highest BCUT2D eigenvalue weighted by Crippen LogP contribution is 2.39. The maximum Gasteiger partial charge on any atom is 0.251 e. The van der Waals surface area contributed by atoms with Crippen LogP contribution >= 0.6 is 11.8 Å². The van der Waals surface area contributed by atoms with Crippen molar-refractivity contribution in [1.29, 1.82) is 0 Å². The first-order chi connectivity index (χ1) is 15.6. The standard InChI is InChI=1S/C26H25FN2O2S/c27-23-14-8-19(9-15-23)7-4-16-28-25(31)21-10-12-22(13-11-21)26-29(24(30)18-32-26)17-20-5-2-1-3-6-20/h1-3,5-6,8-15,26H,4,7,16-18H2,(H,28,31). The molecule has 1 fully saturated rings. The molecule has 0 aromatic heterocycles. The summed E-state index contributed by atoms with van der Waals surface area (Å²) in [6, 6.07) is 23.9. The van der Waals surface area contributed by atoms with Gasteiger partial charge in [0.15, 0.2) is 0 Å². The molecular formula is C26H25FN2O2S. The lowest BCUT2D eigenvalue weighted by Crippen LogP contribution is -2.28. The second-order valence-corrected chi connectivity index (χ2v) is 8.85. The van der Waals surface area contributed by atoms with Gasteiger partial charge in [-0.25, -0.2) is 4.39 Å². The van der Waals surface area contributed by atoms with Crippen LogP contribution in [0.4, 0.5) is 4.39 Å². The maximum absolute atomic E-state index is 13.0. The Morgan fingerprint density at radius 2 is 1.69 bits per heavy atom. The number of carbonyl (C=O) groups excluding carboxylic acids is 2. The second kappa shape index (κ2) is 10.5. The van der Waals surface area contributed by atoms with Crippen LogP contribution in [0.15, 0.2) is 78.9 Å². The SMILES string of the molecule is O=C(NCCCc1ccc(F)cc1)c1ccc(C2SCC(=O)N2Cc2ccccc2)cc1. The third kappa shape index (κ3) is 5.56. The van der Waals surface area contributed by atoms with Crippen LogP contribution in [-0.2, 0) is 17.8 Å². The molecule has 6 heteroatoms. The molecule has 3 aromatic rings. The Bertz CT molecular complexity index is 1060. The van der Waals surface area contributed by atoms with E-state index in [1.165, 1.54) is 12.1 Å². The number of benzene rings is 3. The Hall–Kier alpha value is -3.12. The van der Waals surface area contributed by atoms with Gasteiger partial charge in [0.2, 0.25) is 5.91 Å². The van der Waals surface area contributed by atoms with Gasteiger partial charge in [-0.1, -0.05) is 54.6 Å². The zero-order valence-corrected chi connectivity index (χ0v) is 18.5. The van der Waals surface area contributed by atoms with Gasteiger partial charge in [0.05, 0.1) is 5.75 Å². The number of amides is 2. The Balaban J connectivity index is 1.31. The molecule has 4 rings (SSSR count). The first-order valence-electron chi connectivity index (χ1n) is 10.7. The van der Waals surface area contributed by atoms with Gasteiger partial charge in [-0.05, 0) is 53.8 Å². The molecule has 1 atom stereocenters. The topological polar surface area (TPSA) is 49.4 Å². The lowest BCUT2D eigenvalue weighted by molar-refractivity contribution is -0.128. The molecule has 1 heterocycles. The van der Waals surface area contributed by atoms with E-state index in [1.54, 1.807) is 23.9 Å². The lowest BCUT2D eigenvalue weighted by Gasteiger charge is -2.24. The fourth-order valence-corrected chi connectivity index (χ4v) is 4.92. The molecule has 0 bridgehead atoms. The van der Waals surface area contributed by atoms with Crippen molar-refractivity contribution in [2.24, 2.45) is 0 Å². The summed E-state index contributed by atoms with van der Waals surface area (Å²) in [5.41, 5.74) is 3.77. The third-order valence-corrected chi connectivity index (χ3v) is 6.72. The molecule has 0 spiro atoms. The summed E-state index contributed by atoms with van der Waals surface area (Å²) in [6.07, 6.45) is 1.56. The molecule has 1 saturated heterocycles. The smallest absolute Gasteiger partial charge is 0.251 e. The number of rotatable bonds is 8. The molecular weight excluding hydrogens is 423 g/mol. The van der Waals surface area contributed by atoms with Crippen molar-refractivity contribution in [3.8, 4) is 0 Å². The molecule has 0 saturated carbocycles. The normalized spacial score (nSPS) is 15.7. The van der Waals surface area contributed by atoms with E-state index in [-0.39, 0.29) is 23.0 Å². The van der Waals surface area contributed by atoms with Crippen LogP contribution in [0.5, 0.6) is 0 Å². The number of thioether (sulfide) groups is 1. The molecule has 4 nitrogen and oxygen atoms in total. The van der Waals surface area contributed by atoms with Gasteiger partial charge in [-0.2, -0.15) is 0 Å². The number of hydrogen-bond acceptors (Lipinski definition) is 3. The summed E-state index contributed by atoms with van der Waals surface area (Å²) < 4.78 is 13.0. The van der Waals surface area contributed by atoms with E-state index >= 15 is 0 Å². The van der Waals surface area contributed by atoms with Crippen LogP contribution in [-0.4, -0.2) is 29.0 Å². The summed E-state index contributed by atoms with van der Waals surface area (Å²) in [6.45, 7) is 1.13. The van der Waals surface area contributed by atoms with Crippen LogP contribution in [0.2, 0.25) is 0 Å². The van der Waals surface area contributed by atoms with Crippen molar-refractivity contribution in [3.05, 3.63) is 107 Å². The van der Waals surface area contributed by atoms with Crippen molar-refractivity contribution < 1.29 is 14.0 Å². The monoisotopic (exact) mass is 448 g/mol. The largest absolute Gasteiger partial charge is 0.352 e. The first-order valence-corrected chi connectivity index (χ1v) is 11.7. The highest BCUT2D eigenvalue weighted by atomic mass is 32.2. The lowest BCUT2D eigenvalue weighted by atomic mass is 10.1. The predicted molar refractivity (Wildman–Crippen MR) is 126 cm³/mol. The summed E-state index contributed by atoms with van der Waals surface area (Å²) in [4.78, 5) is 26.8. The van der Waals surface area contributed by atoms with Gasteiger partial charge >= 0.3 is 0 Å². The Morgan fingerprint density at radius 3 is 2.41 bits per heavy atom. The van der Waals surface area contributed by atoms with Crippen LogP contribution in [0.25, 0.3) is 0 Å². The predicted octanol–water partition coefficient (Wildman–Crippen LogP) is 4.96. The van der Waals surface area contributed by atoms with E-state index < -0.39 is 0 Å². The van der Waals surface area contributed by atoms with Crippen LogP contribution in [0.3, 0.4) is 0 Å². The molecule has 1 aliphatic rings.